The zero-order valence-electron chi connectivity index (χ0n) is 11.3. The molecule has 2 aromatic carbocycles. The molecule has 0 aliphatic carbocycles. The van der Waals surface area contributed by atoms with E-state index in [0.29, 0.717) is 28.1 Å². The fourth-order valence-electron chi connectivity index (χ4n) is 2.01. The van der Waals surface area contributed by atoms with Crippen molar-refractivity contribution in [3.05, 3.63) is 47.5 Å². The number of rotatable bonds is 3. The second-order valence-corrected chi connectivity index (χ2v) is 4.85. The van der Waals surface area contributed by atoms with E-state index in [1.807, 2.05) is 24.3 Å². The molecule has 5 nitrogen and oxygen atoms in total. The van der Waals surface area contributed by atoms with Gasteiger partial charge in [0.2, 0.25) is 0 Å². The monoisotopic (exact) mass is 300 g/mol. The molecule has 6 heteroatoms. The van der Waals surface area contributed by atoms with Crippen LogP contribution in [0.4, 0.5) is 17.3 Å². The summed E-state index contributed by atoms with van der Waals surface area (Å²) in [7, 11) is 1.59. The molecule has 0 radical (unpaired) electrons. The van der Waals surface area contributed by atoms with Crippen molar-refractivity contribution in [2.45, 2.75) is 0 Å². The number of aromatic nitrogens is 2. The van der Waals surface area contributed by atoms with Crippen LogP contribution < -0.4 is 15.8 Å². The number of para-hydroxylation sites is 2. The molecule has 1 heterocycles. The summed E-state index contributed by atoms with van der Waals surface area (Å²) in [4.78, 5) is 8.81. The van der Waals surface area contributed by atoms with E-state index >= 15 is 0 Å². The van der Waals surface area contributed by atoms with E-state index in [1.165, 1.54) is 0 Å². The van der Waals surface area contributed by atoms with Crippen LogP contribution in [0.5, 0.6) is 5.75 Å². The Morgan fingerprint density at radius 2 is 1.81 bits per heavy atom. The van der Waals surface area contributed by atoms with Gasteiger partial charge < -0.3 is 15.8 Å². The molecule has 0 amide bonds. The van der Waals surface area contributed by atoms with Crippen molar-refractivity contribution >= 4 is 40.0 Å². The van der Waals surface area contributed by atoms with Crippen molar-refractivity contribution in [1.82, 2.24) is 9.97 Å². The van der Waals surface area contributed by atoms with Crippen LogP contribution >= 0.6 is 11.6 Å². The molecule has 3 N–H and O–H groups in total. The molecule has 0 atom stereocenters. The first-order valence-electron chi connectivity index (χ1n) is 6.30. The van der Waals surface area contributed by atoms with E-state index < -0.39 is 0 Å². The maximum Gasteiger partial charge on any atom is 0.174 e. The third-order valence-corrected chi connectivity index (χ3v) is 3.25. The number of nitrogens with one attached hydrogen (secondary N) is 1. The molecule has 0 aliphatic rings. The quantitative estimate of drug-likeness (QED) is 0.773. The van der Waals surface area contributed by atoms with Gasteiger partial charge in [0.1, 0.15) is 5.75 Å². The average molecular weight is 301 g/mol. The van der Waals surface area contributed by atoms with Crippen LogP contribution in [0.15, 0.2) is 42.5 Å². The maximum atomic E-state index is 6.01. The topological polar surface area (TPSA) is 73.1 Å². The Kier molecular flexibility index (Phi) is 3.50. The third kappa shape index (κ3) is 2.68. The second-order valence-electron chi connectivity index (χ2n) is 4.42. The number of benzene rings is 2. The van der Waals surface area contributed by atoms with Crippen LogP contribution in [0.1, 0.15) is 0 Å². The summed E-state index contributed by atoms with van der Waals surface area (Å²) in [5, 5.41) is 3.71. The van der Waals surface area contributed by atoms with Gasteiger partial charge in [0.15, 0.2) is 11.6 Å². The van der Waals surface area contributed by atoms with Gasteiger partial charge in [0.25, 0.3) is 0 Å². The lowest BCUT2D eigenvalue weighted by Crippen LogP contribution is -2.03. The van der Waals surface area contributed by atoms with Gasteiger partial charge in [-0.05, 0) is 30.3 Å². The molecule has 0 spiro atoms. The predicted molar refractivity (Wildman–Crippen MR) is 85.2 cm³/mol. The lowest BCUT2D eigenvalue weighted by molar-refractivity contribution is 0.417. The van der Waals surface area contributed by atoms with E-state index in [2.05, 4.69) is 15.3 Å². The molecule has 1 aromatic heterocycles. The van der Waals surface area contributed by atoms with Gasteiger partial charge in [-0.25, -0.2) is 9.97 Å². The van der Waals surface area contributed by atoms with Gasteiger partial charge in [0, 0.05) is 5.02 Å². The maximum absolute atomic E-state index is 6.01. The number of methoxy groups -OCH3 is 1. The molecule has 21 heavy (non-hydrogen) atoms. The average Bonchev–Trinajstić information content (AvgIpc) is 2.48. The van der Waals surface area contributed by atoms with Gasteiger partial charge in [-0.3, -0.25) is 0 Å². The summed E-state index contributed by atoms with van der Waals surface area (Å²) in [6, 6.07) is 12.8. The van der Waals surface area contributed by atoms with Crippen molar-refractivity contribution in [1.29, 1.82) is 0 Å². The van der Waals surface area contributed by atoms with Crippen molar-refractivity contribution in [2.24, 2.45) is 0 Å². The number of fused-ring (bicyclic) bond motifs is 1. The minimum absolute atomic E-state index is 0.315. The smallest absolute Gasteiger partial charge is 0.174 e. The van der Waals surface area contributed by atoms with E-state index in [0.717, 1.165) is 11.0 Å². The van der Waals surface area contributed by atoms with Crippen LogP contribution in [-0.2, 0) is 0 Å². The number of hydrogen-bond donors (Lipinski definition) is 2. The van der Waals surface area contributed by atoms with Crippen LogP contribution in [0.2, 0.25) is 5.02 Å². The largest absolute Gasteiger partial charge is 0.495 e. The van der Waals surface area contributed by atoms with E-state index in [1.54, 1.807) is 25.3 Å². The molecule has 3 rings (SSSR count). The van der Waals surface area contributed by atoms with Crippen LogP contribution in [0.3, 0.4) is 0 Å². The number of nitrogens with two attached hydrogens (primary N) is 1. The van der Waals surface area contributed by atoms with Gasteiger partial charge >= 0.3 is 0 Å². The molecule has 0 unspecified atom stereocenters. The Balaban J connectivity index is 2.05. The standard InChI is InChI=1S/C15H13ClN4O/c1-21-13-7-6-9(16)8-12(13)20-15-14(17)18-10-4-2-3-5-11(10)19-15/h2-8H,1H3,(H2,17,18)(H,19,20). The second kappa shape index (κ2) is 5.46. The summed E-state index contributed by atoms with van der Waals surface area (Å²) in [5.74, 6) is 1.43. The Morgan fingerprint density at radius 3 is 2.52 bits per heavy atom. The Bertz CT molecular complexity index is 807. The van der Waals surface area contributed by atoms with E-state index in [4.69, 9.17) is 22.1 Å². The van der Waals surface area contributed by atoms with Gasteiger partial charge in [-0.2, -0.15) is 0 Å². The van der Waals surface area contributed by atoms with Crippen LogP contribution in [0, 0.1) is 0 Å². The Morgan fingerprint density at radius 1 is 1.10 bits per heavy atom. The van der Waals surface area contributed by atoms with E-state index in [-0.39, 0.29) is 0 Å². The zero-order chi connectivity index (χ0) is 14.8. The van der Waals surface area contributed by atoms with Gasteiger partial charge in [-0.1, -0.05) is 23.7 Å². The Labute approximate surface area is 126 Å². The van der Waals surface area contributed by atoms with Crippen molar-refractivity contribution in [2.75, 3.05) is 18.2 Å². The fraction of sp³-hybridized carbons (Fsp3) is 0.0667. The molecule has 106 valence electrons. The number of anilines is 3. The summed E-state index contributed by atoms with van der Waals surface area (Å²) in [6.07, 6.45) is 0. The highest BCUT2D eigenvalue weighted by molar-refractivity contribution is 6.31. The molecule has 3 aromatic rings. The lowest BCUT2D eigenvalue weighted by atomic mass is 10.2. The molecular weight excluding hydrogens is 288 g/mol. The minimum atomic E-state index is 0.315. The van der Waals surface area contributed by atoms with Crippen molar-refractivity contribution in [3.8, 4) is 5.75 Å². The molecule has 0 saturated heterocycles. The van der Waals surface area contributed by atoms with E-state index in [9.17, 15) is 0 Å². The number of nitrogens with zero attached hydrogens (tertiary/aromatic N) is 2. The first-order chi connectivity index (χ1) is 10.2. The first-order valence-corrected chi connectivity index (χ1v) is 6.68. The summed E-state index contributed by atoms with van der Waals surface area (Å²) >= 11 is 6.01. The van der Waals surface area contributed by atoms with Crippen molar-refractivity contribution in [3.63, 3.8) is 0 Å². The highest BCUT2D eigenvalue weighted by Gasteiger charge is 2.09. The highest BCUT2D eigenvalue weighted by atomic mass is 35.5. The molecular formula is C15H13ClN4O. The van der Waals surface area contributed by atoms with Crippen LogP contribution in [-0.4, -0.2) is 17.1 Å². The van der Waals surface area contributed by atoms with Crippen molar-refractivity contribution < 1.29 is 4.74 Å². The predicted octanol–water partition coefficient (Wildman–Crippen LogP) is 3.62. The van der Waals surface area contributed by atoms with Gasteiger partial charge in [0.05, 0.1) is 23.8 Å². The molecule has 0 aliphatic heterocycles. The van der Waals surface area contributed by atoms with Crippen LogP contribution in [0.25, 0.3) is 11.0 Å². The summed E-state index contributed by atoms with van der Waals surface area (Å²) in [6.45, 7) is 0. The normalized spacial score (nSPS) is 10.6. The Hall–Kier alpha value is -2.53. The molecule has 0 fully saturated rings. The number of nitrogen functional groups attached to an aromatic ring is 1. The van der Waals surface area contributed by atoms with Gasteiger partial charge in [-0.15, -0.1) is 0 Å². The zero-order valence-corrected chi connectivity index (χ0v) is 12.1. The summed E-state index contributed by atoms with van der Waals surface area (Å²) < 4.78 is 5.29. The summed E-state index contributed by atoms with van der Waals surface area (Å²) in [5.41, 5.74) is 8.14. The number of hydrogen-bond acceptors (Lipinski definition) is 5. The minimum Gasteiger partial charge on any atom is -0.495 e. The number of ether oxygens (including phenoxy) is 1. The highest BCUT2D eigenvalue weighted by Crippen LogP contribution is 2.31. The SMILES string of the molecule is COc1ccc(Cl)cc1Nc1nc2ccccc2nc1N. The third-order valence-electron chi connectivity index (χ3n) is 3.01. The molecule has 0 bridgehead atoms. The lowest BCUT2D eigenvalue weighted by Gasteiger charge is -2.12. The number of halogens is 1. The fourth-order valence-corrected chi connectivity index (χ4v) is 2.18. The first kappa shape index (κ1) is 13.5. The molecule has 0 saturated carbocycles.